The number of aliphatic hydroxyl groups is 1. The van der Waals surface area contributed by atoms with E-state index < -0.39 is 11.6 Å². The molecule has 10 heteroatoms. The monoisotopic (exact) mass is 507 g/mol. The van der Waals surface area contributed by atoms with Crippen molar-refractivity contribution in [3.8, 4) is 17.1 Å². The van der Waals surface area contributed by atoms with E-state index in [0.717, 1.165) is 25.1 Å². The van der Waals surface area contributed by atoms with Crippen LogP contribution in [-0.2, 0) is 13.5 Å². The van der Waals surface area contributed by atoms with Gasteiger partial charge in [0.1, 0.15) is 22.8 Å². The van der Waals surface area contributed by atoms with Crippen LogP contribution in [0.25, 0.3) is 22.3 Å². The molecule has 0 amide bonds. The summed E-state index contributed by atoms with van der Waals surface area (Å²) in [6.07, 6.45) is 4.79. The highest BCUT2D eigenvalue weighted by Gasteiger charge is 2.27. The van der Waals surface area contributed by atoms with Crippen molar-refractivity contribution >= 4 is 22.4 Å². The van der Waals surface area contributed by atoms with Crippen molar-refractivity contribution in [1.82, 2.24) is 19.7 Å². The van der Waals surface area contributed by atoms with Crippen LogP contribution in [0.5, 0.6) is 5.75 Å². The summed E-state index contributed by atoms with van der Waals surface area (Å²) < 4.78 is 36.5. The van der Waals surface area contributed by atoms with E-state index in [2.05, 4.69) is 20.0 Å². The van der Waals surface area contributed by atoms with Gasteiger partial charge in [0.15, 0.2) is 17.4 Å². The molecule has 0 saturated carbocycles. The molecule has 2 aromatic carbocycles. The van der Waals surface area contributed by atoms with Gasteiger partial charge in [-0.2, -0.15) is 5.10 Å². The molecule has 5 rings (SSSR count). The summed E-state index contributed by atoms with van der Waals surface area (Å²) in [6, 6.07) is 7.19. The van der Waals surface area contributed by atoms with Crippen LogP contribution in [0.15, 0.2) is 42.7 Å². The average molecular weight is 508 g/mol. The van der Waals surface area contributed by atoms with Gasteiger partial charge >= 0.3 is 0 Å². The third-order valence-corrected chi connectivity index (χ3v) is 6.72. The summed E-state index contributed by atoms with van der Waals surface area (Å²) in [5.74, 6) is -1.08. The van der Waals surface area contributed by atoms with Crippen LogP contribution in [-0.4, -0.2) is 57.4 Å². The predicted molar refractivity (Wildman–Crippen MR) is 135 cm³/mol. The van der Waals surface area contributed by atoms with Gasteiger partial charge in [-0.3, -0.25) is 9.48 Å². The lowest BCUT2D eigenvalue weighted by Gasteiger charge is -2.35. The quantitative estimate of drug-likeness (QED) is 0.379. The van der Waals surface area contributed by atoms with E-state index in [9.17, 15) is 14.3 Å². The number of carbonyl (C=O) groups is 1. The number of rotatable bonds is 7. The first-order valence-electron chi connectivity index (χ1n) is 12.1. The van der Waals surface area contributed by atoms with Gasteiger partial charge in [0.05, 0.1) is 18.4 Å². The Morgan fingerprint density at radius 2 is 2.08 bits per heavy atom. The largest absolute Gasteiger partial charge is 0.496 e. The van der Waals surface area contributed by atoms with Gasteiger partial charge in [0.2, 0.25) is 0 Å². The number of aliphatic hydroxyl groups excluding tert-OH is 1. The van der Waals surface area contributed by atoms with Gasteiger partial charge in [-0.05, 0) is 48.6 Å². The van der Waals surface area contributed by atoms with E-state index in [4.69, 9.17) is 4.74 Å². The minimum Gasteiger partial charge on any atom is -0.496 e. The zero-order chi connectivity index (χ0) is 26.1. The van der Waals surface area contributed by atoms with E-state index in [1.807, 2.05) is 0 Å². The Morgan fingerprint density at radius 3 is 2.86 bits per heavy atom. The van der Waals surface area contributed by atoms with Crippen LogP contribution in [0.2, 0.25) is 0 Å². The number of aryl methyl sites for hydroxylation is 1. The highest BCUT2D eigenvalue weighted by Crippen LogP contribution is 2.36. The summed E-state index contributed by atoms with van der Waals surface area (Å²) >= 11 is 0. The molecule has 0 radical (unpaired) electrons. The topological polar surface area (TPSA) is 93.4 Å². The van der Waals surface area contributed by atoms with Crippen LogP contribution in [0.3, 0.4) is 0 Å². The molecular formula is C27H27F2N5O3. The van der Waals surface area contributed by atoms with Crippen LogP contribution in [0.4, 0.5) is 14.5 Å². The van der Waals surface area contributed by atoms with Gasteiger partial charge in [0, 0.05) is 50.9 Å². The standard InChI is InChI=1S/C27H27F2N5O3/c1-33-14-18-25(32-33)20(29)11-17(26(18)34-10-4-5-16(13-34)15-35)12-22(36)21-8-9-30-27(31-21)24-19(28)6-3-7-23(24)37-2/h3,6-9,11,14,16,35H,4-5,10,12-13,15H2,1-2H3/t16-/m1/s1. The lowest BCUT2D eigenvalue weighted by atomic mass is 9.95. The van der Waals surface area contributed by atoms with Crippen molar-refractivity contribution in [2.45, 2.75) is 19.3 Å². The number of halogens is 2. The number of benzene rings is 2. The molecule has 4 aromatic rings. The Labute approximate surface area is 212 Å². The lowest BCUT2D eigenvalue weighted by molar-refractivity contribution is 0.0988. The van der Waals surface area contributed by atoms with Crippen LogP contribution < -0.4 is 9.64 Å². The molecule has 0 bridgehead atoms. The third kappa shape index (κ3) is 4.76. The second kappa shape index (κ2) is 10.2. The summed E-state index contributed by atoms with van der Waals surface area (Å²) in [7, 11) is 3.14. The normalized spacial score (nSPS) is 15.8. The molecule has 1 fully saturated rings. The molecule has 8 nitrogen and oxygen atoms in total. The maximum atomic E-state index is 15.1. The Morgan fingerprint density at radius 1 is 1.24 bits per heavy atom. The van der Waals surface area contributed by atoms with Gasteiger partial charge in [-0.1, -0.05) is 6.07 Å². The summed E-state index contributed by atoms with van der Waals surface area (Å²) in [4.78, 5) is 24.0. The number of Topliss-reactive ketones (excluding diaryl/α,β-unsaturated/α-hetero) is 1. The molecule has 1 saturated heterocycles. The molecule has 37 heavy (non-hydrogen) atoms. The molecule has 1 atom stereocenters. The van der Waals surface area contributed by atoms with Gasteiger partial charge in [-0.15, -0.1) is 0 Å². The molecule has 2 aromatic heterocycles. The number of ketones is 1. The Kier molecular flexibility index (Phi) is 6.84. The molecule has 0 spiro atoms. The molecule has 1 aliphatic heterocycles. The number of ether oxygens (including phenoxy) is 1. The first kappa shape index (κ1) is 24.8. The first-order chi connectivity index (χ1) is 17.9. The minimum absolute atomic E-state index is 0.0248. The smallest absolute Gasteiger partial charge is 0.185 e. The highest BCUT2D eigenvalue weighted by molar-refractivity contribution is 6.00. The first-order valence-corrected chi connectivity index (χ1v) is 12.1. The van der Waals surface area contributed by atoms with E-state index in [1.54, 1.807) is 24.0 Å². The molecular weight excluding hydrogens is 480 g/mol. The van der Waals surface area contributed by atoms with Crippen LogP contribution >= 0.6 is 0 Å². The zero-order valence-corrected chi connectivity index (χ0v) is 20.6. The number of methoxy groups -OCH3 is 1. The molecule has 1 aliphatic rings. The number of carbonyl (C=O) groups excluding carboxylic acids is 1. The maximum Gasteiger partial charge on any atom is 0.185 e. The number of piperidine rings is 1. The Hall–Kier alpha value is -3.92. The predicted octanol–water partition coefficient (Wildman–Crippen LogP) is 3.95. The Bertz CT molecular complexity index is 1470. The van der Waals surface area contributed by atoms with Crippen molar-refractivity contribution in [2.24, 2.45) is 13.0 Å². The molecule has 3 heterocycles. The minimum atomic E-state index is -0.570. The molecule has 0 unspecified atom stereocenters. The van der Waals surface area contributed by atoms with Crippen molar-refractivity contribution in [3.05, 3.63) is 65.6 Å². The lowest BCUT2D eigenvalue weighted by Crippen LogP contribution is -2.37. The number of nitrogens with zero attached hydrogens (tertiary/aromatic N) is 5. The van der Waals surface area contributed by atoms with Crippen molar-refractivity contribution < 1.29 is 23.4 Å². The van der Waals surface area contributed by atoms with Crippen molar-refractivity contribution in [2.75, 3.05) is 31.7 Å². The maximum absolute atomic E-state index is 15.1. The fraction of sp³-hybridized carbons (Fsp3) is 0.333. The molecule has 1 N–H and O–H groups in total. The van der Waals surface area contributed by atoms with Crippen molar-refractivity contribution in [3.63, 3.8) is 0 Å². The summed E-state index contributed by atoms with van der Waals surface area (Å²) in [5, 5.41) is 14.6. The van der Waals surface area contributed by atoms with Gasteiger partial charge in [-0.25, -0.2) is 18.7 Å². The number of hydrogen-bond donors (Lipinski definition) is 1. The number of aromatic nitrogens is 4. The fourth-order valence-electron chi connectivity index (χ4n) is 5.02. The second-order valence-electron chi connectivity index (χ2n) is 9.25. The second-order valence-corrected chi connectivity index (χ2v) is 9.25. The SMILES string of the molecule is COc1cccc(F)c1-c1nccc(C(=O)Cc2cc(F)c3nn(C)cc3c2N2CCC[C@@H](CO)C2)n1. The van der Waals surface area contributed by atoms with Crippen molar-refractivity contribution in [1.29, 1.82) is 0 Å². The highest BCUT2D eigenvalue weighted by atomic mass is 19.1. The number of anilines is 1. The number of fused-ring (bicyclic) bond motifs is 1. The zero-order valence-electron chi connectivity index (χ0n) is 20.6. The van der Waals surface area contributed by atoms with Gasteiger partial charge in [0.25, 0.3) is 0 Å². The fourth-order valence-corrected chi connectivity index (χ4v) is 5.02. The van der Waals surface area contributed by atoms with E-state index in [0.29, 0.717) is 17.5 Å². The summed E-state index contributed by atoms with van der Waals surface area (Å²) in [6.45, 7) is 1.38. The third-order valence-electron chi connectivity index (χ3n) is 6.72. The van der Waals surface area contributed by atoms with E-state index >= 15 is 4.39 Å². The number of hydrogen-bond acceptors (Lipinski definition) is 7. The molecule has 0 aliphatic carbocycles. The molecule has 192 valence electrons. The summed E-state index contributed by atoms with van der Waals surface area (Å²) in [5.41, 5.74) is 1.62. The van der Waals surface area contributed by atoms with Gasteiger partial charge < -0.3 is 14.7 Å². The Balaban J connectivity index is 1.54. The van der Waals surface area contributed by atoms with Crippen LogP contribution in [0, 0.1) is 17.6 Å². The van der Waals surface area contributed by atoms with E-state index in [1.165, 1.54) is 37.6 Å². The van der Waals surface area contributed by atoms with Crippen LogP contribution in [0.1, 0.15) is 28.9 Å². The average Bonchev–Trinajstić information content (AvgIpc) is 3.30. The van der Waals surface area contributed by atoms with E-state index in [-0.39, 0.29) is 53.1 Å².